The van der Waals surface area contributed by atoms with E-state index in [1.165, 1.54) is 0 Å². The largest absolute Gasteiger partial charge is 0.370 e. The maximum Gasteiger partial charge on any atom is 0.345 e. The summed E-state index contributed by atoms with van der Waals surface area (Å²) in [5, 5.41) is 0. The molecule has 1 aliphatic heterocycles. The van der Waals surface area contributed by atoms with Crippen molar-refractivity contribution in [1.82, 2.24) is 19.9 Å². The summed E-state index contributed by atoms with van der Waals surface area (Å²) in [6.45, 7) is 5.28. The SMILES string of the molecule is Cc1nc(=O)[nH]c(C)c1CCC(=O)N1CCOC(c2cccnc2)C1. The molecule has 0 radical (unpaired) electrons. The molecule has 2 aromatic heterocycles. The first-order chi connectivity index (χ1) is 12.0. The van der Waals surface area contributed by atoms with Gasteiger partial charge < -0.3 is 14.6 Å². The van der Waals surface area contributed by atoms with Crippen molar-refractivity contribution in [1.29, 1.82) is 0 Å². The summed E-state index contributed by atoms with van der Waals surface area (Å²) in [5.41, 5.74) is 3.03. The zero-order valence-electron chi connectivity index (χ0n) is 14.5. The predicted molar refractivity (Wildman–Crippen MR) is 92.2 cm³/mol. The molecule has 1 saturated heterocycles. The van der Waals surface area contributed by atoms with Gasteiger partial charge in [0.1, 0.15) is 6.10 Å². The van der Waals surface area contributed by atoms with Crippen LogP contribution in [0.5, 0.6) is 0 Å². The van der Waals surface area contributed by atoms with Gasteiger partial charge in [0.05, 0.1) is 13.2 Å². The van der Waals surface area contributed by atoms with Crippen LogP contribution in [0.4, 0.5) is 0 Å². The van der Waals surface area contributed by atoms with Gasteiger partial charge in [-0.05, 0) is 31.9 Å². The monoisotopic (exact) mass is 342 g/mol. The van der Waals surface area contributed by atoms with E-state index >= 15 is 0 Å². The van der Waals surface area contributed by atoms with Gasteiger partial charge in [-0.2, -0.15) is 4.98 Å². The van der Waals surface area contributed by atoms with Gasteiger partial charge in [-0.3, -0.25) is 9.78 Å². The molecule has 25 heavy (non-hydrogen) atoms. The van der Waals surface area contributed by atoms with E-state index in [2.05, 4.69) is 15.0 Å². The molecule has 132 valence electrons. The second-order valence-corrected chi connectivity index (χ2v) is 6.22. The highest BCUT2D eigenvalue weighted by Crippen LogP contribution is 2.22. The number of amides is 1. The summed E-state index contributed by atoms with van der Waals surface area (Å²) in [4.78, 5) is 36.5. The lowest BCUT2D eigenvalue weighted by Crippen LogP contribution is -2.42. The number of aryl methyl sites for hydroxylation is 2. The zero-order valence-corrected chi connectivity index (χ0v) is 14.5. The predicted octanol–water partition coefficient (Wildman–Crippen LogP) is 1.31. The van der Waals surface area contributed by atoms with Crippen molar-refractivity contribution >= 4 is 5.91 Å². The van der Waals surface area contributed by atoms with E-state index in [4.69, 9.17) is 4.74 Å². The topological polar surface area (TPSA) is 88.2 Å². The molecule has 0 aromatic carbocycles. The van der Waals surface area contributed by atoms with Crippen molar-refractivity contribution in [3.05, 3.63) is 57.5 Å². The number of pyridine rings is 1. The zero-order chi connectivity index (χ0) is 17.8. The fraction of sp³-hybridized carbons (Fsp3) is 0.444. The standard InChI is InChI=1S/C18H22N4O3/c1-12-15(13(2)21-18(24)20-12)5-6-17(23)22-8-9-25-16(11-22)14-4-3-7-19-10-14/h3-4,7,10,16H,5-6,8-9,11H2,1-2H3,(H,20,21,24). The van der Waals surface area contributed by atoms with E-state index in [0.717, 1.165) is 16.8 Å². The van der Waals surface area contributed by atoms with E-state index in [9.17, 15) is 9.59 Å². The molecule has 2 aromatic rings. The molecule has 3 rings (SSSR count). The number of morpholine rings is 1. The van der Waals surface area contributed by atoms with E-state index in [0.29, 0.717) is 38.2 Å². The summed E-state index contributed by atoms with van der Waals surface area (Å²) < 4.78 is 5.77. The lowest BCUT2D eigenvalue weighted by Gasteiger charge is -2.33. The molecule has 7 heteroatoms. The summed E-state index contributed by atoms with van der Waals surface area (Å²) in [6, 6.07) is 3.83. The van der Waals surface area contributed by atoms with Crippen molar-refractivity contribution in [2.24, 2.45) is 0 Å². The maximum absolute atomic E-state index is 12.6. The minimum absolute atomic E-state index is 0.0854. The summed E-state index contributed by atoms with van der Waals surface area (Å²) in [6.07, 6.45) is 4.31. The number of aromatic nitrogens is 3. The Kier molecular flexibility index (Phi) is 5.23. The fourth-order valence-electron chi connectivity index (χ4n) is 3.16. The number of hydrogen-bond donors (Lipinski definition) is 1. The van der Waals surface area contributed by atoms with Gasteiger partial charge in [0.15, 0.2) is 0 Å². The second-order valence-electron chi connectivity index (χ2n) is 6.22. The van der Waals surface area contributed by atoms with Crippen LogP contribution in [0.1, 0.15) is 35.0 Å². The van der Waals surface area contributed by atoms with E-state index in [1.807, 2.05) is 24.0 Å². The first-order valence-electron chi connectivity index (χ1n) is 8.40. The molecule has 1 fully saturated rings. The average molecular weight is 342 g/mol. The number of carbonyl (C=O) groups excluding carboxylic acids is 1. The Labute approximate surface area is 146 Å². The van der Waals surface area contributed by atoms with Crippen molar-refractivity contribution in [3.63, 3.8) is 0 Å². The quantitative estimate of drug-likeness (QED) is 0.905. The fourth-order valence-corrected chi connectivity index (χ4v) is 3.16. The second kappa shape index (κ2) is 7.57. The molecule has 7 nitrogen and oxygen atoms in total. The molecule has 0 aliphatic carbocycles. The highest BCUT2D eigenvalue weighted by Gasteiger charge is 2.25. The van der Waals surface area contributed by atoms with Gasteiger partial charge in [0, 0.05) is 42.3 Å². The third-order valence-corrected chi connectivity index (χ3v) is 4.52. The van der Waals surface area contributed by atoms with Crippen LogP contribution >= 0.6 is 0 Å². The maximum atomic E-state index is 12.6. The molecule has 1 amide bonds. The van der Waals surface area contributed by atoms with Gasteiger partial charge in [0.2, 0.25) is 5.91 Å². The summed E-state index contributed by atoms with van der Waals surface area (Å²) in [7, 11) is 0. The molecular weight excluding hydrogens is 320 g/mol. The van der Waals surface area contributed by atoms with Crippen molar-refractivity contribution < 1.29 is 9.53 Å². The molecule has 0 spiro atoms. The highest BCUT2D eigenvalue weighted by molar-refractivity contribution is 5.76. The van der Waals surface area contributed by atoms with Crippen LogP contribution in [-0.4, -0.2) is 45.5 Å². The minimum Gasteiger partial charge on any atom is -0.370 e. The Morgan fingerprint density at radius 1 is 1.44 bits per heavy atom. The number of rotatable bonds is 4. The molecule has 1 aliphatic rings. The molecule has 1 N–H and O–H groups in total. The van der Waals surface area contributed by atoms with Gasteiger partial charge in [-0.25, -0.2) is 4.79 Å². The number of nitrogens with zero attached hydrogens (tertiary/aromatic N) is 3. The Hall–Kier alpha value is -2.54. The number of ether oxygens (including phenoxy) is 1. The van der Waals surface area contributed by atoms with E-state index < -0.39 is 0 Å². The normalized spacial score (nSPS) is 17.5. The smallest absolute Gasteiger partial charge is 0.345 e. The highest BCUT2D eigenvalue weighted by atomic mass is 16.5. The molecule has 1 atom stereocenters. The van der Waals surface area contributed by atoms with E-state index in [-0.39, 0.29) is 17.7 Å². The number of aromatic amines is 1. The third kappa shape index (κ3) is 4.11. The van der Waals surface area contributed by atoms with E-state index in [1.54, 1.807) is 19.3 Å². The van der Waals surface area contributed by atoms with Gasteiger partial charge >= 0.3 is 5.69 Å². The lowest BCUT2D eigenvalue weighted by molar-refractivity contribution is -0.139. The van der Waals surface area contributed by atoms with Crippen molar-refractivity contribution in [2.75, 3.05) is 19.7 Å². The number of nitrogens with one attached hydrogen (secondary N) is 1. The molecule has 0 saturated carbocycles. The van der Waals surface area contributed by atoms with Crippen molar-refractivity contribution in [3.8, 4) is 0 Å². The van der Waals surface area contributed by atoms with Crippen molar-refractivity contribution in [2.45, 2.75) is 32.8 Å². The molecule has 3 heterocycles. The number of hydrogen-bond acceptors (Lipinski definition) is 5. The Balaban J connectivity index is 1.63. The van der Waals surface area contributed by atoms with Crippen LogP contribution in [-0.2, 0) is 16.0 Å². The van der Waals surface area contributed by atoms with Crippen LogP contribution < -0.4 is 5.69 Å². The van der Waals surface area contributed by atoms with Crippen LogP contribution in [0, 0.1) is 13.8 Å². The Morgan fingerprint density at radius 3 is 3.00 bits per heavy atom. The first-order valence-corrected chi connectivity index (χ1v) is 8.40. The number of carbonyl (C=O) groups is 1. The minimum atomic E-state index is -0.349. The van der Waals surface area contributed by atoms with Crippen LogP contribution in [0.15, 0.2) is 29.3 Å². The lowest BCUT2D eigenvalue weighted by atomic mass is 10.1. The third-order valence-electron chi connectivity index (χ3n) is 4.52. The van der Waals surface area contributed by atoms with Crippen LogP contribution in [0.3, 0.4) is 0 Å². The van der Waals surface area contributed by atoms with Gasteiger partial charge in [0.25, 0.3) is 0 Å². The molecule has 0 bridgehead atoms. The van der Waals surface area contributed by atoms with Gasteiger partial charge in [-0.15, -0.1) is 0 Å². The molecule has 1 unspecified atom stereocenters. The number of H-pyrrole nitrogens is 1. The van der Waals surface area contributed by atoms with Gasteiger partial charge in [-0.1, -0.05) is 6.07 Å². The summed E-state index contributed by atoms with van der Waals surface area (Å²) in [5.74, 6) is 0.0854. The average Bonchev–Trinajstić information content (AvgIpc) is 2.61. The molecular formula is C18H22N4O3. The summed E-state index contributed by atoms with van der Waals surface area (Å²) >= 11 is 0. The van der Waals surface area contributed by atoms with Crippen LogP contribution in [0.25, 0.3) is 0 Å². The Morgan fingerprint density at radius 2 is 2.28 bits per heavy atom. The Bertz CT molecular complexity index is 777. The van der Waals surface area contributed by atoms with Crippen LogP contribution in [0.2, 0.25) is 0 Å². The first kappa shape index (κ1) is 17.3.